The first-order valence-electron chi connectivity index (χ1n) is 8.37. The zero-order chi connectivity index (χ0) is 18.4. The van der Waals surface area contributed by atoms with Crippen LogP contribution in [-0.4, -0.2) is 32.3 Å². The summed E-state index contributed by atoms with van der Waals surface area (Å²) in [5, 5.41) is 6.52. The lowest BCUT2D eigenvalue weighted by Gasteiger charge is -2.12. The second kappa shape index (κ2) is 10.0. The Morgan fingerprint density at radius 1 is 1.07 bits per heavy atom. The van der Waals surface area contributed by atoms with Crippen LogP contribution in [0.1, 0.15) is 21.5 Å². The summed E-state index contributed by atoms with van der Waals surface area (Å²) in [7, 11) is 1.73. The Hall–Kier alpha value is -2.49. The van der Waals surface area contributed by atoms with Gasteiger partial charge in [0.1, 0.15) is 0 Å². The van der Waals surface area contributed by atoms with Crippen LogP contribution in [0.4, 0.5) is 0 Å². The van der Waals surface area contributed by atoms with Crippen LogP contribution in [0.15, 0.2) is 47.5 Å². The number of hydrogen-bond donors (Lipinski definition) is 3. The summed E-state index contributed by atoms with van der Waals surface area (Å²) in [6, 6.07) is 13.1. The van der Waals surface area contributed by atoms with Crippen LogP contribution in [0.3, 0.4) is 0 Å². The van der Waals surface area contributed by atoms with E-state index in [2.05, 4.69) is 15.6 Å². The maximum Gasteiger partial charge on any atom is 0.248 e. The summed E-state index contributed by atoms with van der Waals surface area (Å²) in [6.45, 7) is 1.62. The number of rotatable bonds is 6. The number of carbonyl (C=O) groups excluding carboxylic acids is 1. The molecule has 0 aromatic heterocycles. The fraction of sp³-hybridized carbons (Fsp3) is 0.263. The van der Waals surface area contributed by atoms with Crippen molar-refractivity contribution >= 4 is 35.8 Å². The van der Waals surface area contributed by atoms with E-state index >= 15 is 0 Å². The van der Waals surface area contributed by atoms with Crippen LogP contribution in [0.25, 0.3) is 0 Å². The van der Waals surface area contributed by atoms with E-state index in [0.29, 0.717) is 18.1 Å². The van der Waals surface area contributed by atoms with Gasteiger partial charge < -0.3 is 25.8 Å². The largest absolute Gasteiger partial charge is 0.454 e. The zero-order valence-electron chi connectivity index (χ0n) is 15.0. The Morgan fingerprint density at radius 2 is 1.78 bits per heavy atom. The van der Waals surface area contributed by atoms with E-state index in [4.69, 9.17) is 15.2 Å². The topological polar surface area (TPSA) is 98.0 Å². The molecule has 4 N–H and O–H groups in total. The van der Waals surface area contributed by atoms with E-state index in [9.17, 15) is 4.79 Å². The van der Waals surface area contributed by atoms with Gasteiger partial charge in [0.25, 0.3) is 0 Å². The van der Waals surface area contributed by atoms with Crippen molar-refractivity contribution in [3.05, 3.63) is 59.2 Å². The van der Waals surface area contributed by atoms with Gasteiger partial charge in [-0.3, -0.25) is 9.79 Å². The highest BCUT2D eigenvalue weighted by Gasteiger charge is 2.12. The number of halogens is 1. The maximum absolute atomic E-state index is 11.1. The number of fused-ring (bicyclic) bond motifs is 1. The zero-order valence-corrected chi connectivity index (χ0v) is 17.4. The molecule has 3 rings (SSSR count). The van der Waals surface area contributed by atoms with Crippen molar-refractivity contribution in [2.24, 2.45) is 10.7 Å². The summed E-state index contributed by atoms with van der Waals surface area (Å²) in [5.74, 6) is 1.88. The fourth-order valence-corrected chi connectivity index (χ4v) is 2.61. The predicted octanol–water partition coefficient (Wildman–Crippen LogP) is 2.04. The van der Waals surface area contributed by atoms with E-state index in [1.165, 1.54) is 5.56 Å². The molecule has 27 heavy (non-hydrogen) atoms. The number of carbonyl (C=O) groups is 1. The van der Waals surface area contributed by atoms with Crippen LogP contribution in [-0.2, 0) is 13.0 Å². The summed E-state index contributed by atoms with van der Waals surface area (Å²) in [4.78, 5) is 15.3. The quantitative estimate of drug-likeness (QED) is 0.333. The predicted molar refractivity (Wildman–Crippen MR) is 115 cm³/mol. The molecular formula is C19H23IN4O3. The Balaban J connectivity index is 0.00000261. The Bertz CT molecular complexity index is 809. The third kappa shape index (κ3) is 5.75. The summed E-state index contributed by atoms with van der Waals surface area (Å²) < 4.78 is 10.7. The molecule has 2 aromatic carbocycles. The first-order chi connectivity index (χ1) is 12.7. The van der Waals surface area contributed by atoms with Crippen molar-refractivity contribution in [3.63, 3.8) is 0 Å². The highest BCUT2D eigenvalue weighted by Crippen LogP contribution is 2.32. The summed E-state index contributed by atoms with van der Waals surface area (Å²) >= 11 is 0. The van der Waals surface area contributed by atoms with Crippen LogP contribution >= 0.6 is 24.0 Å². The lowest BCUT2D eigenvalue weighted by Crippen LogP contribution is -2.37. The normalized spacial score (nSPS) is 12.3. The molecule has 1 amide bonds. The van der Waals surface area contributed by atoms with Gasteiger partial charge in [0.05, 0.1) is 0 Å². The molecule has 0 aliphatic carbocycles. The minimum atomic E-state index is -0.425. The monoisotopic (exact) mass is 482 g/mol. The molecule has 8 heteroatoms. The minimum absolute atomic E-state index is 0. The lowest BCUT2D eigenvalue weighted by molar-refractivity contribution is 0.1000. The number of nitrogens with one attached hydrogen (secondary N) is 2. The number of nitrogens with two attached hydrogens (primary N) is 1. The van der Waals surface area contributed by atoms with E-state index in [1.807, 2.05) is 30.3 Å². The average Bonchev–Trinajstić information content (AvgIpc) is 3.12. The van der Waals surface area contributed by atoms with Gasteiger partial charge in [-0.1, -0.05) is 18.2 Å². The van der Waals surface area contributed by atoms with Crippen LogP contribution in [0, 0.1) is 0 Å². The minimum Gasteiger partial charge on any atom is -0.454 e. The Labute approximate surface area is 175 Å². The molecule has 0 fully saturated rings. The van der Waals surface area contributed by atoms with Crippen molar-refractivity contribution < 1.29 is 14.3 Å². The molecule has 0 saturated heterocycles. The van der Waals surface area contributed by atoms with Gasteiger partial charge in [0, 0.05) is 25.7 Å². The van der Waals surface area contributed by atoms with Crippen molar-refractivity contribution in [1.82, 2.24) is 10.6 Å². The average molecular weight is 482 g/mol. The molecule has 0 atom stereocenters. The van der Waals surface area contributed by atoms with E-state index in [0.717, 1.165) is 30.0 Å². The maximum atomic E-state index is 11.1. The van der Waals surface area contributed by atoms with Gasteiger partial charge >= 0.3 is 0 Å². The van der Waals surface area contributed by atoms with E-state index < -0.39 is 5.91 Å². The first kappa shape index (κ1) is 20.8. The van der Waals surface area contributed by atoms with Gasteiger partial charge in [-0.25, -0.2) is 0 Å². The SMILES string of the molecule is CN=C(NCCc1ccc2c(c1)OCO2)NCc1ccc(C(N)=O)cc1.I. The number of nitrogens with zero attached hydrogens (tertiary/aromatic N) is 1. The molecule has 0 radical (unpaired) electrons. The van der Waals surface area contributed by atoms with Crippen molar-refractivity contribution in [2.45, 2.75) is 13.0 Å². The molecule has 0 spiro atoms. The second-order valence-corrected chi connectivity index (χ2v) is 5.85. The van der Waals surface area contributed by atoms with Gasteiger partial charge in [-0.15, -0.1) is 24.0 Å². The van der Waals surface area contributed by atoms with Crippen LogP contribution in [0.2, 0.25) is 0 Å². The Morgan fingerprint density at radius 3 is 2.48 bits per heavy atom. The molecule has 0 saturated carbocycles. The molecule has 7 nitrogen and oxygen atoms in total. The van der Waals surface area contributed by atoms with Gasteiger partial charge in [-0.2, -0.15) is 0 Å². The van der Waals surface area contributed by atoms with Crippen LogP contribution in [0.5, 0.6) is 11.5 Å². The van der Waals surface area contributed by atoms with Gasteiger partial charge in [0.2, 0.25) is 12.7 Å². The van der Waals surface area contributed by atoms with Crippen LogP contribution < -0.4 is 25.8 Å². The lowest BCUT2D eigenvalue weighted by atomic mass is 10.1. The molecular weight excluding hydrogens is 459 g/mol. The van der Waals surface area contributed by atoms with E-state index in [-0.39, 0.29) is 30.8 Å². The second-order valence-electron chi connectivity index (χ2n) is 5.85. The molecule has 1 aliphatic heterocycles. The molecule has 1 heterocycles. The fourth-order valence-electron chi connectivity index (χ4n) is 2.61. The van der Waals surface area contributed by atoms with Crippen molar-refractivity contribution in [2.75, 3.05) is 20.4 Å². The third-order valence-corrected chi connectivity index (χ3v) is 4.07. The summed E-state index contributed by atoms with van der Waals surface area (Å²) in [5.41, 5.74) is 7.94. The first-order valence-corrected chi connectivity index (χ1v) is 8.37. The Kier molecular flexibility index (Phi) is 7.71. The molecule has 2 aromatic rings. The van der Waals surface area contributed by atoms with Gasteiger partial charge in [0.15, 0.2) is 17.5 Å². The van der Waals surface area contributed by atoms with E-state index in [1.54, 1.807) is 19.2 Å². The number of amides is 1. The number of primary amides is 1. The molecule has 0 unspecified atom stereocenters. The highest BCUT2D eigenvalue weighted by atomic mass is 127. The molecule has 1 aliphatic rings. The van der Waals surface area contributed by atoms with Crippen molar-refractivity contribution in [1.29, 1.82) is 0 Å². The van der Waals surface area contributed by atoms with Crippen molar-refractivity contribution in [3.8, 4) is 11.5 Å². The third-order valence-electron chi connectivity index (χ3n) is 4.07. The number of guanidine groups is 1. The van der Waals surface area contributed by atoms with Gasteiger partial charge in [-0.05, 0) is 41.8 Å². The number of hydrogen-bond acceptors (Lipinski definition) is 4. The highest BCUT2D eigenvalue weighted by molar-refractivity contribution is 14.0. The standard InChI is InChI=1S/C19H22N4O3.HI/c1-21-19(23-11-14-2-5-15(6-3-14)18(20)24)22-9-8-13-4-7-16-17(10-13)26-12-25-16;/h2-7,10H,8-9,11-12H2,1H3,(H2,20,24)(H2,21,22,23);1H. The number of ether oxygens (including phenoxy) is 2. The summed E-state index contributed by atoms with van der Waals surface area (Å²) in [6.07, 6.45) is 0.838. The molecule has 0 bridgehead atoms. The molecule has 144 valence electrons. The number of aliphatic imine (C=N–C) groups is 1. The smallest absolute Gasteiger partial charge is 0.248 e. The number of benzene rings is 2.